The number of nitrogens with zero attached hydrogens (tertiary/aromatic N) is 4. The van der Waals surface area contributed by atoms with Gasteiger partial charge >= 0.3 is 5.69 Å². The van der Waals surface area contributed by atoms with Crippen LogP contribution in [0, 0.1) is 10.1 Å². The number of likely N-dealkylation sites (N-methyl/N-ethyl adjacent to an activating group) is 1. The first-order valence-electron chi connectivity index (χ1n) is 7.79. The third kappa shape index (κ3) is 4.32. The minimum atomic E-state index is -1.09. The van der Waals surface area contributed by atoms with E-state index in [4.69, 9.17) is 4.74 Å². The molecule has 1 saturated heterocycles. The van der Waals surface area contributed by atoms with Crippen LogP contribution >= 0.6 is 0 Å². The summed E-state index contributed by atoms with van der Waals surface area (Å²) in [6.07, 6.45) is -0.820. The number of nitrogens with one attached hydrogen (secondary N) is 1. The Morgan fingerprint density at radius 3 is 2.80 bits per heavy atom. The quantitative estimate of drug-likeness (QED) is 0.608. The highest BCUT2D eigenvalue weighted by molar-refractivity contribution is 5.91. The average Bonchev–Trinajstić information content (AvgIpc) is 2.85. The number of halogens is 1. The summed E-state index contributed by atoms with van der Waals surface area (Å²) in [5.41, 5.74) is -0.201. The molecular formula is C15H22FN5O4. The second-order valence-corrected chi connectivity index (χ2v) is 6.23. The summed E-state index contributed by atoms with van der Waals surface area (Å²) in [7, 11) is 5.06. The van der Waals surface area contributed by atoms with Crippen LogP contribution in [-0.4, -0.2) is 67.2 Å². The van der Waals surface area contributed by atoms with Crippen molar-refractivity contribution in [2.24, 2.45) is 0 Å². The maximum atomic E-state index is 14.0. The zero-order chi connectivity index (χ0) is 18.7. The van der Waals surface area contributed by atoms with E-state index in [1.54, 1.807) is 4.90 Å². The lowest BCUT2D eigenvalue weighted by molar-refractivity contribution is -0.384. The molecule has 1 N–H and O–H groups in total. The topological polar surface area (TPSA) is 101 Å². The highest BCUT2D eigenvalue weighted by atomic mass is 19.1. The van der Waals surface area contributed by atoms with Gasteiger partial charge in [-0.1, -0.05) is 0 Å². The van der Waals surface area contributed by atoms with Gasteiger partial charge in [-0.05, 0) is 14.1 Å². The average molecular weight is 355 g/mol. The first-order chi connectivity index (χ1) is 11.7. The summed E-state index contributed by atoms with van der Waals surface area (Å²) < 4.78 is 19.1. The maximum absolute atomic E-state index is 14.0. The Balaban J connectivity index is 2.51. The number of alkyl halides is 1. The normalized spacial score (nSPS) is 20.0. The number of hydrogen-bond acceptors (Lipinski definition) is 7. The van der Waals surface area contributed by atoms with E-state index in [9.17, 15) is 19.3 Å². The lowest BCUT2D eigenvalue weighted by Gasteiger charge is -2.27. The highest BCUT2D eigenvalue weighted by Crippen LogP contribution is 2.38. The SMILES string of the molecule is COc1nc(N2C[C@@H](F)C[C@@H]2CN(C)C)c([N+](=O)[O-])cc1NC(C)=O. The Morgan fingerprint density at radius 1 is 1.60 bits per heavy atom. The van der Waals surface area contributed by atoms with Crippen molar-refractivity contribution in [2.45, 2.75) is 25.6 Å². The monoisotopic (exact) mass is 355 g/mol. The molecule has 25 heavy (non-hydrogen) atoms. The number of methoxy groups -OCH3 is 1. The molecule has 1 aliphatic rings. The van der Waals surface area contributed by atoms with Crippen LogP contribution in [0.3, 0.4) is 0 Å². The van der Waals surface area contributed by atoms with Gasteiger partial charge in [-0.15, -0.1) is 0 Å². The van der Waals surface area contributed by atoms with Gasteiger partial charge in [0, 0.05) is 32.0 Å². The van der Waals surface area contributed by atoms with Gasteiger partial charge < -0.3 is 19.9 Å². The molecule has 0 aromatic carbocycles. The number of hydrogen-bond donors (Lipinski definition) is 1. The largest absolute Gasteiger partial charge is 0.479 e. The second-order valence-electron chi connectivity index (χ2n) is 6.23. The standard InChI is InChI=1S/C15H22FN5O4/c1-9(22)17-12-6-13(21(23)24)14(18-15(12)25-4)20-7-10(16)5-11(20)8-19(2)3/h6,10-11H,5,7-8H2,1-4H3,(H,17,22)/t10-,11+/m0/s1. The fraction of sp³-hybridized carbons (Fsp3) is 0.600. The van der Waals surface area contributed by atoms with Crippen molar-refractivity contribution in [3.8, 4) is 5.88 Å². The summed E-state index contributed by atoms with van der Waals surface area (Å²) in [5.74, 6) is -0.317. The van der Waals surface area contributed by atoms with Crippen LogP contribution in [0.4, 0.5) is 21.6 Å². The van der Waals surface area contributed by atoms with Crippen LogP contribution in [0.1, 0.15) is 13.3 Å². The number of pyridine rings is 1. The van der Waals surface area contributed by atoms with Crippen LogP contribution in [-0.2, 0) is 4.79 Å². The van der Waals surface area contributed by atoms with Gasteiger partial charge in [-0.2, -0.15) is 4.98 Å². The Morgan fingerprint density at radius 2 is 2.28 bits per heavy atom. The Labute approximate surface area is 144 Å². The predicted molar refractivity (Wildman–Crippen MR) is 90.9 cm³/mol. The maximum Gasteiger partial charge on any atom is 0.313 e. The van der Waals surface area contributed by atoms with Crippen molar-refractivity contribution in [1.29, 1.82) is 0 Å². The van der Waals surface area contributed by atoms with Crippen molar-refractivity contribution in [2.75, 3.05) is 44.5 Å². The summed E-state index contributed by atoms with van der Waals surface area (Å²) in [6.45, 7) is 1.84. The summed E-state index contributed by atoms with van der Waals surface area (Å²) in [6, 6.07) is 0.952. The van der Waals surface area contributed by atoms with E-state index < -0.39 is 17.0 Å². The van der Waals surface area contributed by atoms with Gasteiger partial charge in [0.2, 0.25) is 17.6 Å². The van der Waals surface area contributed by atoms with E-state index >= 15 is 0 Å². The number of carbonyl (C=O) groups excluding carboxylic acids is 1. The van der Waals surface area contributed by atoms with Crippen LogP contribution in [0.5, 0.6) is 5.88 Å². The molecule has 138 valence electrons. The lowest BCUT2D eigenvalue weighted by atomic mass is 10.2. The zero-order valence-electron chi connectivity index (χ0n) is 14.7. The van der Waals surface area contributed by atoms with E-state index in [0.29, 0.717) is 6.54 Å². The van der Waals surface area contributed by atoms with Gasteiger partial charge in [0.1, 0.15) is 11.9 Å². The molecule has 9 nitrogen and oxygen atoms in total. The van der Waals surface area contributed by atoms with Gasteiger partial charge in [0.25, 0.3) is 0 Å². The van der Waals surface area contributed by atoms with Crippen molar-refractivity contribution in [3.05, 3.63) is 16.2 Å². The fourth-order valence-corrected chi connectivity index (χ4v) is 2.97. The van der Waals surface area contributed by atoms with Crippen molar-refractivity contribution < 1.29 is 18.8 Å². The minimum Gasteiger partial charge on any atom is -0.479 e. The molecule has 1 fully saturated rings. The van der Waals surface area contributed by atoms with Gasteiger partial charge in [-0.25, -0.2) is 4.39 Å². The molecule has 1 aromatic heterocycles. The number of carbonyl (C=O) groups is 1. The minimum absolute atomic E-state index is 0.0228. The molecule has 1 aliphatic heterocycles. The summed E-state index contributed by atoms with van der Waals surface area (Å²) in [5, 5.41) is 14.0. The lowest BCUT2D eigenvalue weighted by Crippen LogP contribution is -2.38. The molecule has 0 spiro atoms. The molecule has 0 aliphatic carbocycles. The van der Waals surface area contributed by atoms with Crippen LogP contribution in [0.2, 0.25) is 0 Å². The van der Waals surface area contributed by atoms with Crippen molar-refractivity contribution in [1.82, 2.24) is 9.88 Å². The highest BCUT2D eigenvalue weighted by Gasteiger charge is 2.37. The number of ether oxygens (including phenoxy) is 1. The van der Waals surface area contributed by atoms with Gasteiger partial charge in [0.15, 0.2) is 0 Å². The zero-order valence-corrected chi connectivity index (χ0v) is 14.7. The number of amides is 1. The molecular weight excluding hydrogens is 333 g/mol. The van der Waals surface area contributed by atoms with E-state index in [2.05, 4.69) is 10.3 Å². The third-order valence-corrected chi connectivity index (χ3v) is 3.86. The van der Waals surface area contributed by atoms with E-state index in [1.165, 1.54) is 20.1 Å². The Bertz CT molecular complexity index is 670. The molecule has 2 atom stereocenters. The molecule has 0 radical (unpaired) electrons. The van der Waals surface area contributed by atoms with Crippen LogP contribution in [0.25, 0.3) is 0 Å². The van der Waals surface area contributed by atoms with E-state index in [1.807, 2.05) is 19.0 Å². The van der Waals surface area contributed by atoms with Crippen LogP contribution in [0.15, 0.2) is 6.07 Å². The number of nitro groups is 1. The van der Waals surface area contributed by atoms with Crippen LogP contribution < -0.4 is 15.0 Å². The molecule has 0 saturated carbocycles. The number of aromatic nitrogens is 1. The molecule has 0 bridgehead atoms. The Hall–Kier alpha value is -2.49. The fourth-order valence-electron chi connectivity index (χ4n) is 2.97. The summed E-state index contributed by atoms with van der Waals surface area (Å²) in [4.78, 5) is 29.9. The number of rotatable bonds is 6. The summed E-state index contributed by atoms with van der Waals surface area (Å²) >= 11 is 0. The molecule has 0 unspecified atom stereocenters. The predicted octanol–water partition coefficient (Wildman–Crippen LogP) is 1.44. The molecule has 10 heteroatoms. The smallest absolute Gasteiger partial charge is 0.313 e. The molecule has 1 amide bonds. The number of anilines is 2. The molecule has 2 rings (SSSR count). The first-order valence-corrected chi connectivity index (χ1v) is 7.79. The molecule has 1 aromatic rings. The van der Waals surface area contributed by atoms with Crippen molar-refractivity contribution >= 4 is 23.1 Å². The molecule has 2 heterocycles. The Kier molecular flexibility index (Phi) is 5.73. The third-order valence-electron chi connectivity index (χ3n) is 3.86. The second kappa shape index (κ2) is 7.60. The van der Waals surface area contributed by atoms with Crippen molar-refractivity contribution in [3.63, 3.8) is 0 Å². The van der Waals surface area contributed by atoms with Gasteiger partial charge in [-0.3, -0.25) is 14.9 Å². The van der Waals surface area contributed by atoms with Gasteiger partial charge in [0.05, 0.1) is 18.6 Å². The van der Waals surface area contributed by atoms with E-state index in [-0.39, 0.29) is 42.1 Å². The first kappa shape index (κ1) is 18.8. The van der Waals surface area contributed by atoms with E-state index in [0.717, 1.165) is 0 Å².